The zero-order chi connectivity index (χ0) is 13.5. The summed E-state index contributed by atoms with van der Waals surface area (Å²) < 4.78 is 5.27. The molecule has 0 radical (unpaired) electrons. The number of piperazine rings is 1. The molecule has 1 atom stereocenters. The predicted octanol–water partition coefficient (Wildman–Crippen LogP) is 1.51. The summed E-state index contributed by atoms with van der Waals surface area (Å²) in [5.41, 5.74) is 0.972. The highest BCUT2D eigenvalue weighted by molar-refractivity contribution is 5.67. The van der Waals surface area contributed by atoms with E-state index in [0.29, 0.717) is 26.1 Å². The zero-order valence-corrected chi connectivity index (χ0v) is 10.7. The fraction of sp³-hybridized carbons (Fsp3) is 0.429. The highest BCUT2D eigenvalue weighted by Crippen LogP contribution is 2.07. The molecule has 1 saturated heterocycles. The Morgan fingerprint density at radius 2 is 2.26 bits per heavy atom. The van der Waals surface area contributed by atoms with Gasteiger partial charge in [0.2, 0.25) is 0 Å². The van der Waals surface area contributed by atoms with Crippen LogP contribution in [0.5, 0.6) is 0 Å². The largest absolute Gasteiger partial charge is 0.445 e. The van der Waals surface area contributed by atoms with Gasteiger partial charge in [-0.1, -0.05) is 30.3 Å². The number of carbonyl (C=O) groups excluding carboxylic acids is 1. The van der Waals surface area contributed by atoms with Gasteiger partial charge in [0.1, 0.15) is 6.61 Å². The lowest BCUT2D eigenvalue weighted by Crippen LogP contribution is -2.52. The summed E-state index contributed by atoms with van der Waals surface area (Å²) in [4.78, 5) is 13.6. The standard InChI is InChI=1S/C14H17N3O2/c15-7-6-13-10-17(9-8-16-13)14(18)19-11-12-4-2-1-3-5-12/h1-5,13,16H,6,8-11H2/t13-/m1/s1. The molecule has 1 aromatic carbocycles. The second-order valence-electron chi connectivity index (χ2n) is 4.50. The van der Waals surface area contributed by atoms with Crippen LogP contribution in [-0.4, -0.2) is 36.7 Å². The number of hydrogen-bond donors (Lipinski definition) is 1. The molecule has 5 heteroatoms. The molecule has 1 amide bonds. The molecule has 0 aromatic heterocycles. The topological polar surface area (TPSA) is 65.4 Å². The van der Waals surface area contributed by atoms with Crippen LogP contribution in [0, 0.1) is 11.3 Å². The highest BCUT2D eigenvalue weighted by atomic mass is 16.6. The van der Waals surface area contributed by atoms with Gasteiger partial charge in [0.15, 0.2) is 0 Å². The van der Waals surface area contributed by atoms with Crippen LogP contribution in [0.3, 0.4) is 0 Å². The summed E-state index contributed by atoms with van der Waals surface area (Å²) in [6.45, 7) is 2.13. The smallest absolute Gasteiger partial charge is 0.410 e. The van der Waals surface area contributed by atoms with E-state index in [1.54, 1.807) is 4.90 Å². The van der Waals surface area contributed by atoms with Gasteiger partial charge in [-0.05, 0) is 5.56 Å². The van der Waals surface area contributed by atoms with Gasteiger partial charge in [-0.15, -0.1) is 0 Å². The summed E-state index contributed by atoms with van der Waals surface area (Å²) in [5.74, 6) is 0. The lowest BCUT2D eigenvalue weighted by Gasteiger charge is -2.31. The number of rotatable bonds is 3. The van der Waals surface area contributed by atoms with Gasteiger partial charge in [0.05, 0.1) is 12.5 Å². The Hall–Kier alpha value is -2.06. The van der Waals surface area contributed by atoms with Crippen molar-refractivity contribution in [2.45, 2.75) is 19.1 Å². The first kappa shape index (κ1) is 13.4. The first-order valence-electron chi connectivity index (χ1n) is 6.35. The molecule has 1 aliphatic heterocycles. The van der Waals surface area contributed by atoms with Crippen molar-refractivity contribution >= 4 is 6.09 Å². The van der Waals surface area contributed by atoms with E-state index in [-0.39, 0.29) is 18.7 Å². The zero-order valence-electron chi connectivity index (χ0n) is 10.7. The monoisotopic (exact) mass is 259 g/mol. The highest BCUT2D eigenvalue weighted by Gasteiger charge is 2.23. The normalized spacial score (nSPS) is 18.7. The average molecular weight is 259 g/mol. The minimum atomic E-state index is -0.312. The van der Waals surface area contributed by atoms with Crippen LogP contribution in [0.1, 0.15) is 12.0 Å². The molecule has 19 heavy (non-hydrogen) atoms. The molecule has 2 rings (SSSR count). The van der Waals surface area contributed by atoms with Crippen molar-refractivity contribution in [2.75, 3.05) is 19.6 Å². The summed E-state index contributed by atoms with van der Waals surface area (Å²) in [6.07, 6.45) is 0.0935. The van der Waals surface area contributed by atoms with Crippen LogP contribution < -0.4 is 5.32 Å². The Labute approximate surface area is 112 Å². The molecular weight excluding hydrogens is 242 g/mol. The summed E-state index contributed by atoms with van der Waals surface area (Å²) in [5, 5.41) is 11.9. The van der Waals surface area contributed by atoms with Crippen LogP contribution in [0.2, 0.25) is 0 Å². The maximum Gasteiger partial charge on any atom is 0.410 e. The van der Waals surface area contributed by atoms with Gasteiger partial charge < -0.3 is 15.0 Å². The van der Waals surface area contributed by atoms with Crippen molar-refractivity contribution in [1.82, 2.24) is 10.2 Å². The number of carbonyl (C=O) groups is 1. The maximum absolute atomic E-state index is 11.9. The van der Waals surface area contributed by atoms with E-state index in [9.17, 15) is 4.79 Å². The number of nitrogens with one attached hydrogen (secondary N) is 1. The third-order valence-electron chi connectivity index (χ3n) is 3.06. The van der Waals surface area contributed by atoms with Crippen LogP contribution >= 0.6 is 0 Å². The third-order valence-corrected chi connectivity index (χ3v) is 3.06. The van der Waals surface area contributed by atoms with Gasteiger partial charge in [-0.2, -0.15) is 5.26 Å². The third kappa shape index (κ3) is 3.97. The Balaban J connectivity index is 1.81. The molecule has 0 spiro atoms. The minimum absolute atomic E-state index is 0.0445. The van der Waals surface area contributed by atoms with Gasteiger partial charge in [0.25, 0.3) is 0 Å². The molecular formula is C14H17N3O2. The van der Waals surface area contributed by atoms with Crippen LogP contribution in [0.15, 0.2) is 30.3 Å². The van der Waals surface area contributed by atoms with Crippen molar-refractivity contribution in [3.8, 4) is 6.07 Å². The van der Waals surface area contributed by atoms with Gasteiger partial charge in [-0.25, -0.2) is 4.79 Å². The number of nitriles is 1. The fourth-order valence-corrected chi connectivity index (χ4v) is 2.05. The molecule has 5 nitrogen and oxygen atoms in total. The van der Waals surface area contributed by atoms with E-state index in [1.807, 2.05) is 30.3 Å². The summed E-state index contributed by atoms with van der Waals surface area (Å²) in [6, 6.07) is 11.8. The van der Waals surface area contributed by atoms with E-state index in [2.05, 4.69) is 11.4 Å². The first-order chi connectivity index (χ1) is 9.29. The number of amides is 1. The SMILES string of the molecule is N#CC[C@@H]1CN(C(=O)OCc2ccccc2)CCN1. The Morgan fingerprint density at radius 3 is 3.00 bits per heavy atom. The van der Waals surface area contributed by atoms with Crippen molar-refractivity contribution in [3.05, 3.63) is 35.9 Å². The van der Waals surface area contributed by atoms with Crippen molar-refractivity contribution in [2.24, 2.45) is 0 Å². The first-order valence-corrected chi connectivity index (χ1v) is 6.35. The minimum Gasteiger partial charge on any atom is -0.445 e. The Bertz CT molecular complexity index is 456. The molecule has 1 fully saturated rings. The molecule has 0 saturated carbocycles. The van der Waals surface area contributed by atoms with Gasteiger partial charge in [0, 0.05) is 25.7 Å². The second-order valence-corrected chi connectivity index (χ2v) is 4.50. The van der Waals surface area contributed by atoms with E-state index in [4.69, 9.17) is 10.00 Å². The van der Waals surface area contributed by atoms with E-state index >= 15 is 0 Å². The van der Waals surface area contributed by atoms with Gasteiger partial charge in [-0.3, -0.25) is 0 Å². The van der Waals surface area contributed by atoms with Gasteiger partial charge >= 0.3 is 6.09 Å². The lowest BCUT2D eigenvalue weighted by atomic mass is 10.1. The quantitative estimate of drug-likeness (QED) is 0.893. The number of nitrogens with zero attached hydrogens (tertiary/aromatic N) is 2. The molecule has 1 heterocycles. The molecule has 1 aliphatic rings. The van der Waals surface area contributed by atoms with Crippen molar-refractivity contribution in [1.29, 1.82) is 5.26 Å². The van der Waals surface area contributed by atoms with E-state index in [1.165, 1.54) is 0 Å². The molecule has 0 bridgehead atoms. The van der Waals surface area contributed by atoms with Crippen LogP contribution in [0.4, 0.5) is 4.79 Å². The molecule has 0 unspecified atom stereocenters. The van der Waals surface area contributed by atoms with Crippen LogP contribution in [-0.2, 0) is 11.3 Å². The number of ether oxygens (including phenoxy) is 1. The fourth-order valence-electron chi connectivity index (χ4n) is 2.05. The average Bonchev–Trinajstić information content (AvgIpc) is 2.46. The summed E-state index contributed by atoms with van der Waals surface area (Å²) >= 11 is 0. The van der Waals surface area contributed by atoms with Crippen LogP contribution in [0.25, 0.3) is 0 Å². The van der Waals surface area contributed by atoms with E-state index < -0.39 is 0 Å². The second kappa shape index (κ2) is 6.76. The number of benzene rings is 1. The lowest BCUT2D eigenvalue weighted by molar-refractivity contribution is 0.0853. The molecule has 1 N–H and O–H groups in total. The number of hydrogen-bond acceptors (Lipinski definition) is 4. The van der Waals surface area contributed by atoms with Crippen molar-refractivity contribution in [3.63, 3.8) is 0 Å². The Kier molecular flexibility index (Phi) is 4.76. The Morgan fingerprint density at radius 1 is 1.47 bits per heavy atom. The molecule has 100 valence electrons. The van der Waals surface area contributed by atoms with E-state index in [0.717, 1.165) is 5.56 Å². The summed E-state index contributed by atoms with van der Waals surface area (Å²) in [7, 11) is 0. The molecule has 0 aliphatic carbocycles. The molecule has 1 aromatic rings. The van der Waals surface area contributed by atoms with Crippen molar-refractivity contribution < 1.29 is 9.53 Å². The predicted molar refractivity (Wildman–Crippen MR) is 70.2 cm³/mol. The maximum atomic E-state index is 11.9.